The highest BCUT2D eigenvalue weighted by Gasteiger charge is 2.27. The first kappa shape index (κ1) is 10.4. The molecule has 0 aliphatic carbocycles. The van der Waals surface area contributed by atoms with Crippen LogP contribution in [0.15, 0.2) is 18.2 Å². The van der Waals surface area contributed by atoms with Crippen molar-refractivity contribution in [2.24, 2.45) is 0 Å². The number of nitrogen functional groups attached to an aromatic ring is 1. The lowest BCUT2D eigenvalue weighted by Gasteiger charge is -2.13. The Kier molecular flexibility index (Phi) is 2.41. The van der Waals surface area contributed by atoms with Crippen LogP contribution in [0.2, 0.25) is 0 Å². The van der Waals surface area contributed by atoms with E-state index in [1.165, 1.54) is 11.4 Å². The van der Waals surface area contributed by atoms with Gasteiger partial charge in [0.2, 0.25) is 0 Å². The third kappa shape index (κ3) is 1.83. The van der Waals surface area contributed by atoms with Gasteiger partial charge in [0, 0.05) is 25.8 Å². The van der Waals surface area contributed by atoms with Crippen LogP contribution in [0.5, 0.6) is 0 Å². The van der Waals surface area contributed by atoms with E-state index < -0.39 is 10.2 Å². The summed E-state index contributed by atoms with van der Waals surface area (Å²) in [6, 6.07) is 5.48. The van der Waals surface area contributed by atoms with Gasteiger partial charge in [-0.3, -0.25) is 0 Å². The molecule has 1 aromatic carbocycles. The first-order valence-corrected chi connectivity index (χ1v) is 6.03. The molecule has 0 unspecified atom stereocenters. The number of benzene rings is 1. The standard InChI is InChI=1S/C9H13N3O2S/c1-11-15(13,14)12-5-7-2-3-9(10)4-8(7)6-12/h2-4,11H,5-6,10H2,1H3. The number of anilines is 1. The fourth-order valence-electron chi connectivity index (χ4n) is 1.68. The SMILES string of the molecule is CNS(=O)(=O)N1Cc2ccc(N)cc2C1. The average Bonchev–Trinajstić information content (AvgIpc) is 2.61. The van der Waals surface area contributed by atoms with Gasteiger partial charge < -0.3 is 5.73 Å². The highest BCUT2D eigenvalue weighted by atomic mass is 32.2. The molecule has 0 bridgehead atoms. The number of rotatable bonds is 2. The second kappa shape index (κ2) is 3.48. The van der Waals surface area contributed by atoms with E-state index in [0.29, 0.717) is 18.8 Å². The number of hydrogen-bond donors (Lipinski definition) is 2. The molecule has 0 aromatic heterocycles. The molecule has 0 saturated heterocycles. The van der Waals surface area contributed by atoms with Crippen molar-refractivity contribution in [1.29, 1.82) is 0 Å². The van der Waals surface area contributed by atoms with Gasteiger partial charge in [-0.1, -0.05) is 6.07 Å². The summed E-state index contributed by atoms with van der Waals surface area (Å²) in [6.45, 7) is 0.808. The minimum absolute atomic E-state index is 0.392. The summed E-state index contributed by atoms with van der Waals surface area (Å²) in [4.78, 5) is 0. The van der Waals surface area contributed by atoms with Crippen molar-refractivity contribution >= 4 is 15.9 Å². The molecule has 82 valence electrons. The summed E-state index contributed by atoms with van der Waals surface area (Å²) < 4.78 is 26.8. The van der Waals surface area contributed by atoms with Gasteiger partial charge >= 0.3 is 0 Å². The summed E-state index contributed by atoms with van der Waals surface area (Å²) in [5.74, 6) is 0. The molecule has 1 aliphatic heterocycles. The summed E-state index contributed by atoms with van der Waals surface area (Å²) in [5, 5.41) is 0. The second-order valence-electron chi connectivity index (χ2n) is 3.51. The zero-order valence-corrected chi connectivity index (χ0v) is 9.21. The Morgan fingerprint density at radius 2 is 2.00 bits per heavy atom. The van der Waals surface area contributed by atoms with E-state index in [1.807, 2.05) is 12.1 Å². The van der Waals surface area contributed by atoms with Crippen molar-refractivity contribution in [2.75, 3.05) is 12.8 Å². The molecule has 6 heteroatoms. The fourth-order valence-corrected chi connectivity index (χ4v) is 2.56. The van der Waals surface area contributed by atoms with Gasteiger partial charge in [-0.25, -0.2) is 4.72 Å². The smallest absolute Gasteiger partial charge is 0.279 e. The Hall–Kier alpha value is -1.11. The quantitative estimate of drug-likeness (QED) is 0.701. The van der Waals surface area contributed by atoms with E-state index in [-0.39, 0.29) is 0 Å². The lowest BCUT2D eigenvalue weighted by atomic mass is 10.1. The molecule has 0 atom stereocenters. The Labute approximate surface area is 89.1 Å². The Balaban J connectivity index is 2.30. The zero-order valence-electron chi connectivity index (χ0n) is 8.40. The van der Waals surface area contributed by atoms with Crippen LogP contribution in [0, 0.1) is 0 Å². The number of nitrogens with zero attached hydrogens (tertiary/aromatic N) is 1. The van der Waals surface area contributed by atoms with Crippen molar-refractivity contribution in [3.63, 3.8) is 0 Å². The first-order chi connectivity index (χ1) is 7.03. The van der Waals surface area contributed by atoms with Crippen molar-refractivity contribution in [3.8, 4) is 0 Å². The highest BCUT2D eigenvalue weighted by molar-refractivity contribution is 7.87. The van der Waals surface area contributed by atoms with Crippen LogP contribution in [0.3, 0.4) is 0 Å². The maximum absolute atomic E-state index is 11.5. The molecular weight excluding hydrogens is 214 g/mol. The first-order valence-electron chi connectivity index (χ1n) is 4.59. The van der Waals surface area contributed by atoms with E-state index >= 15 is 0 Å². The van der Waals surface area contributed by atoms with E-state index in [1.54, 1.807) is 6.07 Å². The van der Waals surface area contributed by atoms with Crippen LogP contribution < -0.4 is 10.5 Å². The lowest BCUT2D eigenvalue weighted by Crippen LogP contribution is -2.34. The minimum Gasteiger partial charge on any atom is -0.399 e. The molecular formula is C9H13N3O2S. The monoisotopic (exact) mass is 227 g/mol. The van der Waals surface area contributed by atoms with Crippen LogP contribution in [-0.4, -0.2) is 19.8 Å². The number of nitrogens with two attached hydrogens (primary N) is 1. The van der Waals surface area contributed by atoms with Gasteiger partial charge in [0.1, 0.15) is 0 Å². The van der Waals surface area contributed by atoms with Crippen molar-refractivity contribution in [2.45, 2.75) is 13.1 Å². The second-order valence-corrected chi connectivity index (χ2v) is 5.38. The van der Waals surface area contributed by atoms with Crippen LogP contribution in [0.1, 0.15) is 11.1 Å². The Morgan fingerprint density at radius 3 is 2.67 bits per heavy atom. The molecule has 1 aromatic rings. The molecule has 0 fully saturated rings. The van der Waals surface area contributed by atoms with E-state index in [2.05, 4.69) is 4.72 Å². The Morgan fingerprint density at radius 1 is 1.33 bits per heavy atom. The zero-order chi connectivity index (χ0) is 11.1. The van der Waals surface area contributed by atoms with E-state index in [9.17, 15) is 8.42 Å². The van der Waals surface area contributed by atoms with Crippen LogP contribution in [0.25, 0.3) is 0 Å². The lowest BCUT2D eigenvalue weighted by molar-refractivity contribution is 0.425. The maximum atomic E-state index is 11.5. The molecule has 3 N–H and O–H groups in total. The molecule has 1 aliphatic rings. The van der Waals surface area contributed by atoms with Crippen molar-refractivity contribution in [3.05, 3.63) is 29.3 Å². The number of fused-ring (bicyclic) bond motifs is 1. The van der Waals surface area contributed by atoms with Gasteiger partial charge in [0.25, 0.3) is 10.2 Å². The summed E-state index contributed by atoms with van der Waals surface area (Å²) >= 11 is 0. The van der Waals surface area contributed by atoms with Gasteiger partial charge in [0.05, 0.1) is 0 Å². The molecule has 2 rings (SSSR count). The van der Waals surface area contributed by atoms with Gasteiger partial charge in [-0.05, 0) is 23.3 Å². The molecule has 0 saturated carbocycles. The van der Waals surface area contributed by atoms with E-state index in [0.717, 1.165) is 11.1 Å². The fraction of sp³-hybridized carbons (Fsp3) is 0.333. The Bertz CT molecular complexity index is 484. The maximum Gasteiger partial charge on any atom is 0.279 e. The topological polar surface area (TPSA) is 75.4 Å². The molecule has 0 amide bonds. The molecule has 5 nitrogen and oxygen atoms in total. The van der Waals surface area contributed by atoms with Crippen LogP contribution >= 0.6 is 0 Å². The van der Waals surface area contributed by atoms with Crippen molar-refractivity contribution < 1.29 is 8.42 Å². The summed E-state index contributed by atoms with van der Waals surface area (Å²) in [7, 11) is -1.93. The van der Waals surface area contributed by atoms with Crippen LogP contribution in [-0.2, 0) is 23.3 Å². The molecule has 1 heterocycles. The predicted molar refractivity (Wildman–Crippen MR) is 58.1 cm³/mol. The average molecular weight is 227 g/mol. The largest absolute Gasteiger partial charge is 0.399 e. The summed E-state index contributed by atoms with van der Waals surface area (Å²) in [5.41, 5.74) is 8.30. The molecule has 15 heavy (non-hydrogen) atoms. The van der Waals surface area contributed by atoms with Crippen LogP contribution in [0.4, 0.5) is 5.69 Å². The normalized spacial score (nSPS) is 16.6. The molecule has 0 spiro atoms. The van der Waals surface area contributed by atoms with E-state index in [4.69, 9.17) is 5.73 Å². The minimum atomic E-state index is -3.34. The predicted octanol–water partition coefficient (Wildman–Crippen LogP) is 0.0486. The third-order valence-electron chi connectivity index (χ3n) is 2.52. The highest BCUT2D eigenvalue weighted by Crippen LogP contribution is 2.26. The van der Waals surface area contributed by atoms with Crippen molar-refractivity contribution in [1.82, 2.24) is 9.03 Å². The van der Waals surface area contributed by atoms with Gasteiger partial charge in [0.15, 0.2) is 0 Å². The third-order valence-corrected chi connectivity index (χ3v) is 3.98. The molecule has 0 radical (unpaired) electrons. The number of nitrogens with one attached hydrogen (secondary N) is 1. The number of hydrogen-bond acceptors (Lipinski definition) is 3. The summed E-state index contributed by atoms with van der Waals surface area (Å²) in [6.07, 6.45) is 0. The van der Waals surface area contributed by atoms with Gasteiger partial charge in [-0.15, -0.1) is 0 Å². The van der Waals surface area contributed by atoms with Gasteiger partial charge in [-0.2, -0.15) is 12.7 Å².